The first kappa shape index (κ1) is 19.6. The van der Waals surface area contributed by atoms with Crippen LogP contribution in [-0.4, -0.2) is 23.9 Å². The molecule has 3 rings (SSSR count). The largest absolute Gasteiger partial charge is 0.497 e. The molecule has 1 amide bonds. The molecule has 0 radical (unpaired) electrons. The minimum atomic E-state index is -0.356. The Hall–Kier alpha value is -2.14. The monoisotopic (exact) mass is 385 g/mol. The maximum Gasteiger partial charge on any atom is 0.233 e. The Bertz CT molecular complexity index is 817. The second-order valence-corrected chi connectivity index (χ2v) is 9.02. The summed E-state index contributed by atoms with van der Waals surface area (Å²) in [5.41, 5.74) is 1.86. The van der Waals surface area contributed by atoms with Gasteiger partial charge >= 0.3 is 0 Å². The van der Waals surface area contributed by atoms with Crippen LogP contribution in [0.4, 0.5) is 0 Å². The number of hydrogen-bond acceptors (Lipinski definition) is 4. The van der Waals surface area contributed by atoms with Crippen molar-refractivity contribution in [2.75, 3.05) is 7.11 Å². The van der Waals surface area contributed by atoms with Crippen molar-refractivity contribution >= 4 is 17.7 Å². The zero-order valence-corrected chi connectivity index (χ0v) is 17.4. The van der Waals surface area contributed by atoms with Gasteiger partial charge in [0.1, 0.15) is 17.1 Å². The van der Waals surface area contributed by atoms with E-state index in [1.165, 1.54) is 5.56 Å². The van der Waals surface area contributed by atoms with Crippen LogP contribution in [0.25, 0.3) is 0 Å². The van der Waals surface area contributed by atoms with Crippen LogP contribution in [0, 0.1) is 6.92 Å². The molecular weight excluding hydrogens is 358 g/mol. The lowest BCUT2D eigenvalue weighted by Gasteiger charge is -2.38. The zero-order chi connectivity index (χ0) is 19.6. The van der Waals surface area contributed by atoms with Crippen molar-refractivity contribution in [1.29, 1.82) is 0 Å². The molecule has 1 heterocycles. The molecule has 5 heteroatoms. The first-order chi connectivity index (χ1) is 12.8. The highest BCUT2D eigenvalue weighted by molar-refractivity contribution is 8.00. The quantitative estimate of drug-likeness (QED) is 0.744. The summed E-state index contributed by atoms with van der Waals surface area (Å²) >= 11 is 1.57. The third-order valence-corrected chi connectivity index (χ3v) is 5.81. The average molecular weight is 386 g/mol. The molecule has 0 spiro atoms. The number of carbonyl (C=O) groups excluding carboxylic acids is 1. The van der Waals surface area contributed by atoms with E-state index < -0.39 is 0 Å². The van der Waals surface area contributed by atoms with E-state index >= 15 is 0 Å². The van der Waals surface area contributed by atoms with Crippen molar-refractivity contribution in [2.45, 2.75) is 55.9 Å². The molecule has 0 fully saturated rings. The lowest BCUT2D eigenvalue weighted by atomic mass is 9.89. The number of amides is 1. The molecule has 0 aromatic heterocycles. The Morgan fingerprint density at radius 2 is 1.96 bits per heavy atom. The van der Waals surface area contributed by atoms with Crippen LogP contribution in [0.2, 0.25) is 0 Å². The predicted molar refractivity (Wildman–Crippen MR) is 110 cm³/mol. The number of thioether (sulfide) groups is 1. The number of carbonyl (C=O) groups is 1. The molecule has 2 atom stereocenters. The van der Waals surface area contributed by atoms with E-state index in [1.807, 2.05) is 39.0 Å². The summed E-state index contributed by atoms with van der Waals surface area (Å²) in [6.07, 6.45) is 0.722. The molecular formula is C22H27NO3S. The molecule has 0 unspecified atom stereocenters. The summed E-state index contributed by atoms with van der Waals surface area (Å²) in [5, 5.41) is 3.04. The fourth-order valence-electron chi connectivity index (χ4n) is 3.25. The Balaban J connectivity index is 1.74. The van der Waals surface area contributed by atoms with Gasteiger partial charge in [-0.15, -0.1) is 11.8 Å². The smallest absolute Gasteiger partial charge is 0.233 e. The molecule has 0 bridgehead atoms. The molecule has 0 saturated carbocycles. The van der Waals surface area contributed by atoms with Crippen LogP contribution in [0.3, 0.4) is 0 Å². The minimum absolute atomic E-state index is 0.0324. The summed E-state index contributed by atoms with van der Waals surface area (Å²) in [6, 6.07) is 13.9. The van der Waals surface area contributed by atoms with Crippen molar-refractivity contribution in [3.05, 3.63) is 53.6 Å². The summed E-state index contributed by atoms with van der Waals surface area (Å²) in [6.45, 7) is 8.08. The van der Waals surface area contributed by atoms with Gasteiger partial charge in [-0.05, 0) is 52.0 Å². The average Bonchev–Trinajstić information content (AvgIpc) is 2.62. The van der Waals surface area contributed by atoms with Gasteiger partial charge in [0.15, 0.2) is 0 Å². The fraction of sp³-hybridized carbons (Fsp3) is 0.409. The van der Waals surface area contributed by atoms with E-state index in [2.05, 4.69) is 36.5 Å². The van der Waals surface area contributed by atoms with E-state index in [-0.39, 0.29) is 22.8 Å². The Morgan fingerprint density at radius 3 is 2.63 bits per heavy atom. The standard InChI is InChI=1S/C22H27NO3S/c1-14-6-9-17(10-7-14)27-15(2)21(24)23-19-13-22(3,4)26-20-12-16(25-5)8-11-18(19)20/h6-12,15,19H,13H2,1-5H3,(H,23,24)/t15-,19-/m1/s1. The number of hydrogen-bond donors (Lipinski definition) is 1. The van der Waals surface area contributed by atoms with E-state index in [0.29, 0.717) is 0 Å². The van der Waals surface area contributed by atoms with Crippen molar-refractivity contribution in [3.63, 3.8) is 0 Å². The summed E-state index contributed by atoms with van der Waals surface area (Å²) in [7, 11) is 1.64. The fourth-order valence-corrected chi connectivity index (χ4v) is 4.13. The number of nitrogens with one attached hydrogen (secondary N) is 1. The first-order valence-corrected chi connectivity index (χ1v) is 10.1. The molecule has 2 aromatic rings. The second-order valence-electron chi connectivity index (χ2n) is 7.60. The predicted octanol–water partition coefficient (Wildman–Crippen LogP) is 4.90. The molecule has 1 N–H and O–H groups in total. The lowest BCUT2D eigenvalue weighted by Crippen LogP contribution is -2.43. The molecule has 4 nitrogen and oxygen atoms in total. The third-order valence-electron chi connectivity index (χ3n) is 4.70. The Morgan fingerprint density at radius 1 is 1.26 bits per heavy atom. The van der Waals surface area contributed by atoms with E-state index in [9.17, 15) is 4.79 Å². The summed E-state index contributed by atoms with van der Waals surface area (Å²) in [5.74, 6) is 1.56. The van der Waals surface area contributed by atoms with Crippen molar-refractivity contribution in [2.24, 2.45) is 0 Å². The number of aryl methyl sites for hydroxylation is 1. The summed E-state index contributed by atoms with van der Waals surface area (Å²) in [4.78, 5) is 13.9. The lowest BCUT2D eigenvalue weighted by molar-refractivity contribution is -0.121. The molecule has 1 aliphatic heterocycles. The van der Waals surface area contributed by atoms with Crippen molar-refractivity contribution in [3.8, 4) is 11.5 Å². The van der Waals surface area contributed by atoms with Gasteiger partial charge in [-0.2, -0.15) is 0 Å². The van der Waals surface area contributed by atoms with Crippen LogP contribution in [-0.2, 0) is 4.79 Å². The van der Waals surface area contributed by atoms with Gasteiger partial charge in [0, 0.05) is 22.9 Å². The molecule has 0 saturated heterocycles. The van der Waals surface area contributed by atoms with Crippen LogP contribution in [0.5, 0.6) is 11.5 Å². The normalized spacial score (nSPS) is 18.8. The zero-order valence-electron chi connectivity index (χ0n) is 16.5. The highest BCUT2D eigenvalue weighted by Gasteiger charge is 2.35. The molecule has 144 valence electrons. The van der Waals surface area contributed by atoms with Gasteiger partial charge in [0.05, 0.1) is 18.4 Å². The first-order valence-electron chi connectivity index (χ1n) is 9.18. The van der Waals surface area contributed by atoms with Crippen LogP contribution >= 0.6 is 11.8 Å². The maximum atomic E-state index is 12.8. The van der Waals surface area contributed by atoms with Gasteiger partial charge in [-0.1, -0.05) is 17.7 Å². The summed E-state index contributed by atoms with van der Waals surface area (Å²) < 4.78 is 11.4. The Kier molecular flexibility index (Phi) is 5.70. The van der Waals surface area contributed by atoms with Gasteiger partial charge < -0.3 is 14.8 Å². The molecule has 1 aliphatic rings. The SMILES string of the molecule is COc1ccc2c(c1)OC(C)(C)C[C@H]2NC(=O)[C@@H](C)Sc1ccc(C)cc1. The molecule has 0 aliphatic carbocycles. The second kappa shape index (κ2) is 7.85. The van der Waals surface area contributed by atoms with Crippen molar-refractivity contribution < 1.29 is 14.3 Å². The van der Waals surface area contributed by atoms with E-state index in [4.69, 9.17) is 9.47 Å². The van der Waals surface area contributed by atoms with Crippen LogP contribution in [0.1, 0.15) is 44.4 Å². The number of methoxy groups -OCH3 is 1. The van der Waals surface area contributed by atoms with E-state index in [1.54, 1.807) is 18.9 Å². The molecule has 2 aromatic carbocycles. The van der Waals surface area contributed by atoms with Gasteiger partial charge in [0.2, 0.25) is 5.91 Å². The Labute approximate surface area is 165 Å². The van der Waals surface area contributed by atoms with Crippen LogP contribution < -0.4 is 14.8 Å². The molecule has 27 heavy (non-hydrogen) atoms. The van der Waals surface area contributed by atoms with Gasteiger partial charge in [0.25, 0.3) is 0 Å². The number of benzene rings is 2. The van der Waals surface area contributed by atoms with Gasteiger partial charge in [-0.3, -0.25) is 4.79 Å². The number of rotatable bonds is 5. The topological polar surface area (TPSA) is 47.6 Å². The minimum Gasteiger partial charge on any atom is -0.497 e. The van der Waals surface area contributed by atoms with Crippen LogP contribution in [0.15, 0.2) is 47.4 Å². The van der Waals surface area contributed by atoms with Crippen molar-refractivity contribution in [1.82, 2.24) is 5.32 Å². The highest BCUT2D eigenvalue weighted by Crippen LogP contribution is 2.41. The highest BCUT2D eigenvalue weighted by atomic mass is 32.2. The third kappa shape index (κ3) is 4.78. The van der Waals surface area contributed by atoms with Gasteiger partial charge in [-0.25, -0.2) is 0 Å². The maximum absolute atomic E-state index is 12.8. The number of fused-ring (bicyclic) bond motifs is 1. The van der Waals surface area contributed by atoms with E-state index in [0.717, 1.165) is 28.4 Å². The number of ether oxygens (including phenoxy) is 2.